The third kappa shape index (κ3) is 2.08. The molecule has 0 aliphatic heterocycles. The van der Waals surface area contributed by atoms with Crippen molar-refractivity contribution in [1.29, 1.82) is 0 Å². The number of nitrogens with zero attached hydrogens (tertiary/aromatic N) is 1. The van der Waals surface area contributed by atoms with Crippen molar-refractivity contribution in [2.75, 3.05) is 0 Å². The summed E-state index contributed by atoms with van der Waals surface area (Å²) in [5, 5.41) is 8.84. The molecule has 0 bridgehead atoms. The zero-order valence-corrected chi connectivity index (χ0v) is 9.73. The van der Waals surface area contributed by atoms with Gasteiger partial charge in [-0.05, 0) is 24.1 Å². The minimum Gasteiger partial charge on any atom is -0.481 e. The summed E-state index contributed by atoms with van der Waals surface area (Å²) in [5.74, 6) is -1.24. The van der Waals surface area contributed by atoms with Gasteiger partial charge in [0.1, 0.15) is 0 Å². The molecule has 0 radical (unpaired) electrons. The van der Waals surface area contributed by atoms with E-state index in [1.54, 1.807) is 14.0 Å². The van der Waals surface area contributed by atoms with Crippen LogP contribution in [0.25, 0.3) is 11.0 Å². The van der Waals surface area contributed by atoms with Crippen LogP contribution in [-0.4, -0.2) is 20.6 Å². The van der Waals surface area contributed by atoms with Crippen LogP contribution in [0, 0.1) is 5.92 Å². The Kier molecular flexibility index (Phi) is 2.75. The smallest absolute Gasteiger partial charge is 0.326 e. The summed E-state index contributed by atoms with van der Waals surface area (Å²) < 4.78 is 1.53. The van der Waals surface area contributed by atoms with Gasteiger partial charge in [0.15, 0.2) is 0 Å². The van der Waals surface area contributed by atoms with Crippen LogP contribution >= 0.6 is 0 Å². The largest absolute Gasteiger partial charge is 0.481 e. The lowest BCUT2D eigenvalue weighted by atomic mass is 10.0. The molecule has 0 aliphatic rings. The fourth-order valence-electron chi connectivity index (χ4n) is 1.85. The molecular formula is C12H14N2O3. The predicted molar refractivity (Wildman–Crippen MR) is 64.0 cm³/mol. The summed E-state index contributed by atoms with van der Waals surface area (Å²) in [7, 11) is 1.70. The quantitative estimate of drug-likeness (QED) is 0.835. The number of aromatic amines is 1. The Morgan fingerprint density at radius 2 is 2.24 bits per heavy atom. The number of carbonyl (C=O) groups is 1. The van der Waals surface area contributed by atoms with E-state index in [9.17, 15) is 9.59 Å². The molecule has 5 heteroatoms. The average molecular weight is 234 g/mol. The number of aromatic nitrogens is 2. The van der Waals surface area contributed by atoms with Gasteiger partial charge >= 0.3 is 11.7 Å². The second-order valence-electron chi connectivity index (χ2n) is 4.28. The van der Waals surface area contributed by atoms with Gasteiger partial charge in [0.2, 0.25) is 0 Å². The molecule has 0 saturated carbocycles. The number of carboxylic acids is 1. The van der Waals surface area contributed by atoms with E-state index in [1.807, 2.05) is 18.2 Å². The van der Waals surface area contributed by atoms with E-state index in [0.29, 0.717) is 6.42 Å². The van der Waals surface area contributed by atoms with Crippen LogP contribution in [0.1, 0.15) is 12.5 Å². The maximum Gasteiger partial charge on any atom is 0.326 e. The summed E-state index contributed by atoms with van der Waals surface area (Å²) in [6.45, 7) is 1.67. The standard InChI is InChI=1S/C12H14N2O3/c1-7(11(15)16)5-8-3-4-10-9(6-8)13-12(17)14(10)2/h3-4,6-7H,5H2,1-2H3,(H,13,17)(H,15,16). The number of H-pyrrole nitrogens is 1. The minimum atomic E-state index is -0.813. The van der Waals surface area contributed by atoms with E-state index >= 15 is 0 Å². The van der Waals surface area contributed by atoms with Crippen molar-refractivity contribution in [3.05, 3.63) is 34.2 Å². The summed E-state index contributed by atoms with van der Waals surface area (Å²) in [6, 6.07) is 5.52. The molecule has 1 unspecified atom stereocenters. The Bertz CT molecular complexity index is 624. The number of fused-ring (bicyclic) bond motifs is 1. The van der Waals surface area contributed by atoms with Gasteiger partial charge in [-0.25, -0.2) is 4.79 Å². The van der Waals surface area contributed by atoms with E-state index in [0.717, 1.165) is 16.6 Å². The molecule has 0 aliphatic carbocycles. The van der Waals surface area contributed by atoms with Gasteiger partial charge < -0.3 is 10.1 Å². The third-order valence-corrected chi connectivity index (χ3v) is 2.93. The highest BCUT2D eigenvalue weighted by molar-refractivity contribution is 5.76. The number of hydrogen-bond acceptors (Lipinski definition) is 2. The fourth-order valence-corrected chi connectivity index (χ4v) is 1.85. The Hall–Kier alpha value is -2.04. The Balaban J connectivity index is 2.38. The first-order chi connectivity index (χ1) is 7.99. The van der Waals surface area contributed by atoms with Crippen molar-refractivity contribution < 1.29 is 9.90 Å². The van der Waals surface area contributed by atoms with E-state index in [1.165, 1.54) is 4.57 Å². The molecule has 1 heterocycles. The SMILES string of the molecule is CC(Cc1ccc2c(c1)[nH]c(=O)n2C)C(=O)O. The first kappa shape index (κ1) is 11.4. The number of rotatable bonds is 3. The molecular weight excluding hydrogens is 220 g/mol. The van der Waals surface area contributed by atoms with Gasteiger partial charge in [0.05, 0.1) is 17.0 Å². The normalized spacial score (nSPS) is 12.8. The molecule has 90 valence electrons. The van der Waals surface area contributed by atoms with Crippen LogP contribution < -0.4 is 5.69 Å². The van der Waals surface area contributed by atoms with Crippen molar-refractivity contribution in [3.8, 4) is 0 Å². The van der Waals surface area contributed by atoms with E-state index in [4.69, 9.17) is 5.11 Å². The third-order valence-electron chi connectivity index (χ3n) is 2.93. The summed E-state index contributed by atoms with van der Waals surface area (Å²) >= 11 is 0. The number of benzene rings is 1. The second-order valence-corrected chi connectivity index (χ2v) is 4.28. The Morgan fingerprint density at radius 3 is 2.88 bits per heavy atom. The topological polar surface area (TPSA) is 75.1 Å². The lowest BCUT2D eigenvalue weighted by Crippen LogP contribution is -2.12. The van der Waals surface area contributed by atoms with Gasteiger partial charge in [-0.2, -0.15) is 0 Å². The molecule has 2 N–H and O–H groups in total. The minimum absolute atomic E-state index is 0.163. The van der Waals surface area contributed by atoms with Crippen LogP contribution in [-0.2, 0) is 18.3 Å². The van der Waals surface area contributed by atoms with Crippen molar-refractivity contribution in [2.45, 2.75) is 13.3 Å². The van der Waals surface area contributed by atoms with Crippen molar-refractivity contribution in [1.82, 2.24) is 9.55 Å². The summed E-state index contributed by atoms with van der Waals surface area (Å²) in [5.41, 5.74) is 2.31. The van der Waals surface area contributed by atoms with Crippen molar-refractivity contribution in [2.24, 2.45) is 13.0 Å². The zero-order valence-electron chi connectivity index (χ0n) is 9.73. The predicted octanol–water partition coefficient (Wildman–Crippen LogP) is 1.13. The molecule has 0 saturated heterocycles. The van der Waals surface area contributed by atoms with Crippen LogP contribution in [0.15, 0.2) is 23.0 Å². The molecule has 1 aromatic carbocycles. The Morgan fingerprint density at radius 1 is 1.53 bits per heavy atom. The van der Waals surface area contributed by atoms with Crippen LogP contribution in [0.5, 0.6) is 0 Å². The number of carboxylic acid groups (broad SMARTS) is 1. The monoisotopic (exact) mass is 234 g/mol. The lowest BCUT2D eigenvalue weighted by Gasteiger charge is -2.06. The number of aliphatic carboxylic acids is 1. The summed E-state index contributed by atoms with van der Waals surface area (Å²) in [4.78, 5) is 24.9. The summed E-state index contributed by atoms with van der Waals surface area (Å²) in [6.07, 6.45) is 0.461. The van der Waals surface area contributed by atoms with Crippen LogP contribution in [0.2, 0.25) is 0 Å². The van der Waals surface area contributed by atoms with Crippen LogP contribution in [0.3, 0.4) is 0 Å². The average Bonchev–Trinajstić information content (AvgIpc) is 2.54. The molecule has 0 spiro atoms. The highest BCUT2D eigenvalue weighted by Gasteiger charge is 2.12. The van der Waals surface area contributed by atoms with E-state index in [2.05, 4.69) is 4.98 Å². The van der Waals surface area contributed by atoms with Gasteiger partial charge in [-0.15, -0.1) is 0 Å². The molecule has 2 rings (SSSR count). The van der Waals surface area contributed by atoms with E-state index < -0.39 is 11.9 Å². The van der Waals surface area contributed by atoms with Gasteiger partial charge in [-0.3, -0.25) is 9.36 Å². The van der Waals surface area contributed by atoms with Gasteiger partial charge in [0.25, 0.3) is 0 Å². The number of hydrogen-bond donors (Lipinski definition) is 2. The van der Waals surface area contributed by atoms with Crippen molar-refractivity contribution >= 4 is 17.0 Å². The molecule has 1 aromatic heterocycles. The number of nitrogens with one attached hydrogen (secondary N) is 1. The van der Waals surface area contributed by atoms with Gasteiger partial charge in [-0.1, -0.05) is 13.0 Å². The number of aryl methyl sites for hydroxylation is 1. The first-order valence-electron chi connectivity index (χ1n) is 5.39. The highest BCUT2D eigenvalue weighted by Crippen LogP contribution is 2.15. The maximum atomic E-state index is 11.4. The van der Waals surface area contributed by atoms with Crippen molar-refractivity contribution in [3.63, 3.8) is 0 Å². The zero-order chi connectivity index (χ0) is 12.6. The Labute approximate surface area is 97.7 Å². The van der Waals surface area contributed by atoms with Crippen LogP contribution in [0.4, 0.5) is 0 Å². The molecule has 0 amide bonds. The lowest BCUT2D eigenvalue weighted by molar-refractivity contribution is -0.141. The molecule has 1 atom stereocenters. The molecule has 5 nitrogen and oxygen atoms in total. The first-order valence-corrected chi connectivity index (χ1v) is 5.39. The molecule has 2 aromatic rings. The van der Waals surface area contributed by atoms with Gasteiger partial charge in [0, 0.05) is 7.05 Å². The highest BCUT2D eigenvalue weighted by atomic mass is 16.4. The molecule has 17 heavy (non-hydrogen) atoms. The maximum absolute atomic E-state index is 11.4. The second kappa shape index (κ2) is 4.08. The molecule has 0 fully saturated rings. The fraction of sp³-hybridized carbons (Fsp3) is 0.333. The number of imidazole rings is 1. The van der Waals surface area contributed by atoms with E-state index in [-0.39, 0.29) is 5.69 Å².